The number of nitrogens with two attached hydrogens (primary N) is 1. The summed E-state index contributed by atoms with van der Waals surface area (Å²) in [5, 5.41) is 13.1. The fraction of sp³-hybridized carbons (Fsp3) is 0.500. The zero-order chi connectivity index (χ0) is 13.0. The Kier molecular flexibility index (Phi) is 4.38. The van der Waals surface area contributed by atoms with Gasteiger partial charge in [0.1, 0.15) is 0 Å². The van der Waals surface area contributed by atoms with Crippen molar-refractivity contribution in [3.05, 3.63) is 23.8 Å². The van der Waals surface area contributed by atoms with Crippen molar-refractivity contribution in [2.75, 3.05) is 16.8 Å². The van der Waals surface area contributed by atoms with E-state index in [-0.39, 0.29) is 0 Å². The van der Waals surface area contributed by atoms with Gasteiger partial charge < -0.3 is 11.1 Å². The first kappa shape index (κ1) is 13.1. The van der Waals surface area contributed by atoms with Crippen LogP contribution in [0.4, 0.5) is 11.4 Å². The highest BCUT2D eigenvalue weighted by Gasteiger charge is 2.27. The SMILES string of the molecule is CCSC1CCCC1Nc1cc(C#N)ccc1N. The lowest BCUT2D eigenvalue weighted by Crippen LogP contribution is -2.26. The minimum Gasteiger partial charge on any atom is -0.397 e. The van der Waals surface area contributed by atoms with Gasteiger partial charge in [0.15, 0.2) is 0 Å². The largest absolute Gasteiger partial charge is 0.397 e. The molecule has 4 heteroatoms. The predicted octanol–water partition coefficient (Wildman–Crippen LogP) is 3.23. The van der Waals surface area contributed by atoms with Crippen LogP contribution in [0.15, 0.2) is 18.2 Å². The molecule has 1 aromatic carbocycles. The number of nitrogens with one attached hydrogen (secondary N) is 1. The topological polar surface area (TPSA) is 61.8 Å². The molecule has 1 aliphatic carbocycles. The van der Waals surface area contributed by atoms with E-state index in [4.69, 9.17) is 11.0 Å². The number of anilines is 2. The van der Waals surface area contributed by atoms with Crippen molar-refractivity contribution in [3.63, 3.8) is 0 Å². The average Bonchev–Trinajstić information content (AvgIpc) is 2.80. The highest BCUT2D eigenvalue weighted by Crippen LogP contribution is 2.33. The Morgan fingerprint density at radius 3 is 3.06 bits per heavy atom. The molecule has 2 atom stereocenters. The highest BCUT2D eigenvalue weighted by atomic mass is 32.2. The van der Waals surface area contributed by atoms with Gasteiger partial charge in [-0.1, -0.05) is 13.3 Å². The zero-order valence-electron chi connectivity index (χ0n) is 10.6. The molecule has 1 aliphatic rings. The molecule has 3 nitrogen and oxygen atoms in total. The smallest absolute Gasteiger partial charge is 0.0992 e. The highest BCUT2D eigenvalue weighted by molar-refractivity contribution is 7.99. The van der Waals surface area contributed by atoms with Crippen molar-refractivity contribution < 1.29 is 0 Å². The van der Waals surface area contributed by atoms with Crippen LogP contribution in [0.1, 0.15) is 31.7 Å². The summed E-state index contributed by atoms with van der Waals surface area (Å²) < 4.78 is 0. The van der Waals surface area contributed by atoms with Gasteiger partial charge in [0.2, 0.25) is 0 Å². The summed E-state index contributed by atoms with van der Waals surface area (Å²) in [6.45, 7) is 2.20. The molecule has 0 saturated heterocycles. The number of thioether (sulfide) groups is 1. The van der Waals surface area contributed by atoms with Crippen LogP contribution in [0.3, 0.4) is 0 Å². The maximum atomic E-state index is 8.93. The van der Waals surface area contributed by atoms with Gasteiger partial charge in [-0.15, -0.1) is 0 Å². The normalized spacial score (nSPS) is 22.7. The second-order valence-corrected chi connectivity index (χ2v) is 6.11. The third kappa shape index (κ3) is 2.91. The van der Waals surface area contributed by atoms with Gasteiger partial charge in [-0.05, 0) is 36.8 Å². The van der Waals surface area contributed by atoms with Gasteiger partial charge in [0.05, 0.1) is 23.0 Å². The van der Waals surface area contributed by atoms with Crippen LogP contribution in [0.5, 0.6) is 0 Å². The molecule has 0 spiro atoms. The molecule has 0 heterocycles. The number of benzene rings is 1. The minimum atomic E-state index is 0.478. The number of nitrogen functional groups attached to an aromatic ring is 1. The Morgan fingerprint density at radius 1 is 1.50 bits per heavy atom. The summed E-state index contributed by atoms with van der Waals surface area (Å²) in [4.78, 5) is 0. The van der Waals surface area contributed by atoms with Gasteiger partial charge in [-0.2, -0.15) is 17.0 Å². The van der Waals surface area contributed by atoms with E-state index in [1.165, 1.54) is 19.3 Å². The maximum Gasteiger partial charge on any atom is 0.0992 e. The summed E-state index contributed by atoms with van der Waals surface area (Å²) in [6, 6.07) is 8.04. The summed E-state index contributed by atoms with van der Waals surface area (Å²) in [6.07, 6.45) is 3.73. The van der Waals surface area contributed by atoms with Crippen LogP contribution in [-0.2, 0) is 0 Å². The fourth-order valence-corrected chi connectivity index (χ4v) is 3.65. The van der Waals surface area contributed by atoms with E-state index in [0.717, 1.165) is 17.1 Å². The first-order valence-electron chi connectivity index (χ1n) is 6.42. The van der Waals surface area contributed by atoms with Crippen molar-refractivity contribution in [2.45, 2.75) is 37.5 Å². The Morgan fingerprint density at radius 2 is 2.33 bits per heavy atom. The van der Waals surface area contributed by atoms with E-state index in [1.54, 1.807) is 12.1 Å². The van der Waals surface area contributed by atoms with E-state index in [1.807, 2.05) is 17.8 Å². The molecule has 1 fully saturated rings. The summed E-state index contributed by atoms with van der Waals surface area (Å²) >= 11 is 2.01. The molecule has 2 rings (SSSR count). The van der Waals surface area contributed by atoms with E-state index in [2.05, 4.69) is 18.3 Å². The number of nitriles is 1. The van der Waals surface area contributed by atoms with Gasteiger partial charge in [-0.3, -0.25) is 0 Å². The Hall–Kier alpha value is -1.34. The van der Waals surface area contributed by atoms with E-state index < -0.39 is 0 Å². The monoisotopic (exact) mass is 261 g/mol. The van der Waals surface area contributed by atoms with Gasteiger partial charge in [0, 0.05) is 11.3 Å². The fourth-order valence-electron chi connectivity index (χ4n) is 2.46. The van der Waals surface area contributed by atoms with Crippen molar-refractivity contribution in [1.29, 1.82) is 5.26 Å². The molecular weight excluding hydrogens is 242 g/mol. The molecule has 2 unspecified atom stereocenters. The summed E-state index contributed by atoms with van der Waals surface area (Å²) in [5.74, 6) is 1.15. The molecule has 0 radical (unpaired) electrons. The lowest BCUT2D eigenvalue weighted by Gasteiger charge is -2.22. The summed E-state index contributed by atoms with van der Waals surface area (Å²) in [7, 11) is 0. The van der Waals surface area contributed by atoms with Crippen LogP contribution in [-0.4, -0.2) is 17.0 Å². The number of nitrogens with zero attached hydrogens (tertiary/aromatic N) is 1. The molecule has 1 aromatic rings. The zero-order valence-corrected chi connectivity index (χ0v) is 11.5. The van der Waals surface area contributed by atoms with Crippen molar-refractivity contribution >= 4 is 23.1 Å². The van der Waals surface area contributed by atoms with Crippen molar-refractivity contribution in [3.8, 4) is 6.07 Å². The molecule has 0 bridgehead atoms. The van der Waals surface area contributed by atoms with E-state index in [0.29, 0.717) is 16.9 Å². The standard InChI is InChI=1S/C14H19N3S/c1-2-18-14-5-3-4-12(14)17-13-8-10(9-15)6-7-11(13)16/h6-8,12,14,17H,2-5,16H2,1H3. The third-order valence-corrected chi connectivity index (χ3v) is 4.68. The van der Waals surface area contributed by atoms with Crippen molar-refractivity contribution in [1.82, 2.24) is 0 Å². The first-order chi connectivity index (χ1) is 8.74. The molecule has 3 N–H and O–H groups in total. The predicted molar refractivity (Wildman–Crippen MR) is 78.8 cm³/mol. The molecule has 96 valence electrons. The van der Waals surface area contributed by atoms with Crippen LogP contribution < -0.4 is 11.1 Å². The van der Waals surface area contributed by atoms with Crippen LogP contribution in [0.2, 0.25) is 0 Å². The van der Waals surface area contributed by atoms with E-state index >= 15 is 0 Å². The first-order valence-corrected chi connectivity index (χ1v) is 7.47. The number of hydrogen-bond acceptors (Lipinski definition) is 4. The lowest BCUT2D eigenvalue weighted by molar-refractivity contribution is 0.768. The van der Waals surface area contributed by atoms with Crippen molar-refractivity contribution in [2.24, 2.45) is 0 Å². The third-order valence-electron chi connectivity index (χ3n) is 3.36. The molecule has 0 aliphatic heterocycles. The maximum absolute atomic E-state index is 8.93. The average molecular weight is 261 g/mol. The molecule has 18 heavy (non-hydrogen) atoms. The van der Waals surface area contributed by atoms with E-state index in [9.17, 15) is 0 Å². The second kappa shape index (κ2) is 6.01. The van der Waals surface area contributed by atoms with Crippen LogP contribution >= 0.6 is 11.8 Å². The lowest BCUT2D eigenvalue weighted by atomic mass is 10.1. The minimum absolute atomic E-state index is 0.478. The molecular formula is C14H19N3S. The van der Waals surface area contributed by atoms with Gasteiger partial charge in [-0.25, -0.2) is 0 Å². The number of hydrogen-bond donors (Lipinski definition) is 2. The second-order valence-electron chi connectivity index (χ2n) is 4.59. The summed E-state index contributed by atoms with van der Waals surface area (Å²) in [5.41, 5.74) is 8.25. The number of rotatable bonds is 4. The molecule has 0 aromatic heterocycles. The quantitative estimate of drug-likeness (QED) is 0.817. The van der Waals surface area contributed by atoms with Crippen LogP contribution in [0, 0.1) is 11.3 Å². The Bertz CT molecular complexity index is 453. The molecule has 0 amide bonds. The van der Waals surface area contributed by atoms with Gasteiger partial charge in [0.25, 0.3) is 0 Å². The van der Waals surface area contributed by atoms with Crippen LogP contribution in [0.25, 0.3) is 0 Å². The Labute approximate surface area is 113 Å². The van der Waals surface area contributed by atoms with Gasteiger partial charge >= 0.3 is 0 Å². The Balaban J connectivity index is 2.11. The molecule has 1 saturated carbocycles.